The summed E-state index contributed by atoms with van der Waals surface area (Å²) >= 11 is 0. The van der Waals surface area contributed by atoms with E-state index in [1.807, 2.05) is 7.05 Å². The smallest absolute Gasteiger partial charge is 0.237 e. The van der Waals surface area contributed by atoms with E-state index in [0.29, 0.717) is 6.04 Å². The number of carbonyl (C=O) groups is 1. The van der Waals surface area contributed by atoms with Gasteiger partial charge in [-0.15, -0.1) is 0 Å². The number of hydrogen-bond acceptors (Lipinski definition) is 2. The maximum absolute atomic E-state index is 11.9. The van der Waals surface area contributed by atoms with Gasteiger partial charge in [-0.1, -0.05) is 19.8 Å². The van der Waals surface area contributed by atoms with Gasteiger partial charge >= 0.3 is 0 Å². The number of piperidine rings is 1. The van der Waals surface area contributed by atoms with Crippen LogP contribution in [0.25, 0.3) is 0 Å². The van der Waals surface area contributed by atoms with Crippen molar-refractivity contribution in [3.05, 3.63) is 0 Å². The summed E-state index contributed by atoms with van der Waals surface area (Å²) in [4.78, 5) is 14.1. The highest BCUT2D eigenvalue weighted by Crippen LogP contribution is 2.15. The highest BCUT2D eigenvalue weighted by molar-refractivity contribution is 5.82. The number of likely N-dealkylation sites (N-methyl/N-ethyl adjacent to an activating group) is 1. The molecule has 0 aromatic carbocycles. The van der Waals surface area contributed by atoms with Crippen molar-refractivity contribution in [2.24, 2.45) is 0 Å². The Labute approximate surface area is 93.2 Å². The molecule has 1 N–H and O–H groups in total. The molecular formula is C12H24N2O. The summed E-state index contributed by atoms with van der Waals surface area (Å²) in [6, 6.07) is 0.427. The van der Waals surface area contributed by atoms with Crippen molar-refractivity contribution in [3.8, 4) is 0 Å². The van der Waals surface area contributed by atoms with Crippen LogP contribution in [0.1, 0.15) is 46.0 Å². The third-order valence-corrected chi connectivity index (χ3v) is 3.18. The summed E-state index contributed by atoms with van der Waals surface area (Å²) in [5.41, 5.74) is 0. The zero-order valence-electron chi connectivity index (χ0n) is 10.3. The minimum atomic E-state index is 0.109. The zero-order valence-corrected chi connectivity index (χ0v) is 10.3. The number of hydrogen-bond donors (Lipinski definition) is 1. The van der Waals surface area contributed by atoms with Crippen LogP contribution in [-0.2, 0) is 4.79 Å². The average Bonchev–Trinajstić information content (AvgIpc) is 2.18. The Morgan fingerprint density at radius 2 is 2.27 bits per heavy atom. The highest BCUT2D eigenvalue weighted by Gasteiger charge is 2.26. The van der Waals surface area contributed by atoms with E-state index >= 15 is 0 Å². The molecule has 3 nitrogen and oxygen atoms in total. The standard InChI is InChI=1S/C12H24N2O/c1-4-7-10(2)13-12(15)11-8-5-6-9-14(11)3/h10-11H,4-9H2,1-3H3,(H,13,15). The molecular weight excluding hydrogens is 188 g/mol. The molecule has 1 heterocycles. The largest absolute Gasteiger partial charge is 0.352 e. The van der Waals surface area contributed by atoms with Crippen LogP contribution in [0.5, 0.6) is 0 Å². The molecule has 1 fully saturated rings. The van der Waals surface area contributed by atoms with E-state index in [0.717, 1.165) is 25.8 Å². The van der Waals surface area contributed by atoms with Gasteiger partial charge in [0.15, 0.2) is 0 Å². The van der Waals surface area contributed by atoms with Gasteiger partial charge < -0.3 is 5.32 Å². The SMILES string of the molecule is CCCC(C)NC(=O)C1CCCCN1C. The van der Waals surface area contributed by atoms with Gasteiger partial charge in [-0.3, -0.25) is 9.69 Å². The molecule has 1 saturated heterocycles. The molecule has 0 aliphatic carbocycles. The normalized spacial score (nSPS) is 24.9. The van der Waals surface area contributed by atoms with Crippen molar-refractivity contribution in [2.75, 3.05) is 13.6 Å². The summed E-state index contributed by atoms with van der Waals surface area (Å²) < 4.78 is 0. The summed E-state index contributed by atoms with van der Waals surface area (Å²) in [5, 5.41) is 3.10. The van der Waals surface area contributed by atoms with Gasteiger partial charge in [-0.05, 0) is 39.8 Å². The summed E-state index contributed by atoms with van der Waals surface area (Å²) in [6.07, 6.45) is 5.63. The van der Waals surface area contributed by atoms with Crippen molar-refractivity contribution in [3.63, 3.8) is 0 Å². The number of nitrogens with one attached hydrogen (secondary N) is 1. The van der Waals surface area contributed by atoms with E-state index in [4.69, 9.17) is 0 Å². The number of rotatable bonds is 4. The van der Waals surface area contributed by atoms with Crippen LogP contribution in [-0.4, -0.2) is 36.5 Å². The molecule has 15 heavy (non-hydrogen) atoms. The third-order valence-electron chi connectivity index (χ3n) is 3.18. The Morgan fingerprint density at radius 3 is 2.87 bits per heavy atom. The maximum Gasteiger partial charge on any atom is 0.237 e. The molecule has 1 rings (SSSR count). The lowest BCUT2D eigenvalue weighted by Crippen LogP contribution is -2.49. The second-order valence-electron chi connectivity index (χ2n) is 4.69. The molecule has 0 aromatic rings. The first-order valence-corrected chi connectivity index (χ1v) is 6.15. The molecule has 2 atom stereocenters. The predicted molar refractivity (Wildman–Crippen MR) is 62.8 cm³/mol. The van der Waals surface area contributed by atoms with Crippen molar-refractivity contribution in [1.82, 2.24) is 10.2 Å². The first-order chi connectivity index (χ1) is 7.15. The van der Waals surface area contributed by atoms with Crippen LogP contribution in [0.4, 0.5) is 0 Å². The molecule has 88 valence electrons. The lowest BCUT2D eigenvalue weighted by Gasteiger charge is -2.32. The number of likely N-dealkylation sites (tertiary alicyclic amines) is 1. The van der Waals surface area contributed by atoms with E-state index in [1.54, 1.807) is 0 Å². The average molecular weight is 212 g/mol. The molecule has 3 heteroatoms. The lowest BCUT2D eigenvalue weighted by atomic mass is 10.0. The monoisotopic (exact) mass is 212 g/mol. The molecule has 1 aliphatic heterocycles. The van der Waals surface area contributed by atoms with Gasteiger partial charge in [-0.25, -0.2) is 0 Å². The minimum Gasteiger partial charge on any atom is -0.352 e. The number of nitrogens with zero attached hydrogens (tertiary/aromatic N) is 1. The molecule has 1 amide bonds. The van der Waals surface area contributed by atoms with Crippen LogP contribution >= 0.6 is 0 Å². The van der Waals surface area contributed by atoms with Crippen molar-refractivity contribution >= 4 is 5.91 Å². The fraction of sp³-hybridized carbons (Fsp3) is 0.917. The van der Waals surface area contributed by atoms with E-state index in [-0.39, 0.29) is 11.9 Å². The van der Waals surface area contributed by atoms with Crippen molar-refractivity contribution in [2.45, 2.75) is 58.0 Å². The molecule has 0 saturated carbocycles. The molecule has 0 bridgehead atoms. The number of carbonyl (C=O) groups excluding carboxylic acids is 1. The van der Waals surface area contributed by atoms with E-state index in [1.165, 1.54) is 12.8 Å². The predicted octanol–water partition coefficient (Wildman–Crippen LogP) is 1.78. The summed E-state index contributed by atoms with van der Waals surface area (Å²) in [7, 11) is 2.05. The highest BCUT2D eigenvalue weighted by atomic mass is 16.2. The van der Waals surface area contributed by atoms with E-state index < -0.39 is 0 Å². The van der Waals surface area contributed by atoms with Crippen molar-refractivity contribution < 1.29 is 4.79 Å². The molecule has 1 aliphatic rings. The molecule has 0 spiro atoms. The topological polar surface area (TPSA) is 32.3 Å². The minimum absolute atomic E-state index is 0.109. The Hall–Kier alpha value is -0.570. The molecule has 0 aromatic heterocycles. The van der Waals surface area contributed by atoms with Crippen molar-refractivity contribution in [1.29, 1.82) is 0 Å². The summed E-state index contributed by atoms with van der Waals surface area (Å²) in [6.45, 7) is 5.29. The fourth-order valence-corrected chi connectivity index (χ4v) is 2.25. The zero-order chi connectivity index (χ0) is 11.3. The first-order valence-electron chi connectivity index (χ1n) is 6.15. The van der Waals surface area contributed by atoms with Gasteiger partial charge in [0.25, 0.3) is 0 Å². The van der Waals surface area contributed by atoms with Crippen LogP contribution in [0, 0.1) is 0 Å². The first kappa shape index (κ1) is 12.5. The van der Waals surface area contributed by atoms with Gasteiger partial charge in [0.05, 0.1) is 6.04 Å². The second kappa shape index (κ2) is 6.11. The Bertz CT molecular complexity index is 206. The maximum atomic E-state index is 11.9. The van der Waals surface area contributed by atoms with Crippen LogP contribution in [0.3, 0.4) is 0 Å². The van der Waals surface area contributed by atoms with E-state index in [2.05, 4.69) is 24.1 Å². The summed E-state index contributed by atoms with van der Waals surface area (Å²) in [5.74, 6) is 0.221. The van der Waals surface area contributed by atoms with Gasteiger partial charge in [-0.2, -0.15) is 0 Å². The fourth-order valence-electron chi connectivity index (χ4n) is 2.25. The van der Waals surface area contributed by atoms with Crippen LogP contribution in [0.15, 0.2) is 0 Å². The quantitative estimate of drug-likeness (QED) is 0.770. The molecule has 2 unspecified atom stereocenters. The van der Waals surface area contributed by atoms with Crippen LogP contribution in [0.2, 0.25) is 0 Å². The third kappa shape index (κ3) is 3.82. The van der Waals surface area contributed by atoms with Gasteiger partial charge in [0.2, 0.25) is 5.91 Å². The van der Waals surface area contributed by atoms with Gasteiger partial charge in [0, 0.05) is 6.04 Å². The van der Waals surface area contributed by atoms with E-state index in [9.17, 15) is 4.79 Å². The Balaban J connectivity index is 2.37. The number of amides is 1. The molecule has 0 radical (unpaired) electrons. The Kier molecular flexibility index (Phi) is 5.09. The van der Waals surface area contributed by atoms with Crippen LogP contribution < -0.4 is 5.32 Å². The van der Waals surface area contributed by atoms with Gasteiger partial charge in [0.1, 0.15) is 0 Å². The second-order valence-corrected chi connectivity index (χ2v) is 4.69. The Morgan fingerprint density at radius 1 is 1.53 bits per heavy atom. The lowest BCUT2D eigenvalue weighted by molar-refractivity contribution is -0.127.